The summed E-state index contributed by atoms with van der Waals surface area (Å²) in [6.07, 6.45) is 8.35. The lowest BCUT2D eigenvalue weighted by Crippen LogP contribution is -2.42. The predicted molar refractivity (Wildman–Crippen MR) is 94.8 cm³/mol. The van der Waals surface area contributed by atoms with Crippen molar-refractivity contribution in [2.45, 2.75) is 52.5 Å². The average Bonchev–Trinajstić information content (AvgIpc) is 3.06. The lowest BCUT2D eigenvalue weighted by Gasteiger charge is -2.28. The van der Waals surface area contributed by atoms with E-state index in [-0.39, 0.29) is 0 Å². The Balaban J connectivity index is 1.88. The number of aromatic nitrogens is 1. The van der Waals surface area contributed by atoms with Gasteiger partial charge in [0.15, 0.2) is 5.96 Å². The molecule has 0 spiro atoms. The Morgan fingerprint density at radius 1 is 1.30 bits per heavy atom. The smallest absolute Gasteiger partial charge is 0.218 e. The van der Waals surface area contributed by atoms with Gasteiger partial charge in [0.25, 0.3) is 0 Å². The molecule has 1 heterocycles. The molecule has 5 heteroatoms. The molecule has 0 bridgehead atoms. The molecule has 0 unspecified atom stereocenters. The van der Waals surface area contributed by atoms with Crippen molar-refractivity contribution in [1.82, 2.24) is 15.6 Å². The van der Waals surface area contributed by atoms with E-state index in [1.54, 1.807) is 6.20 Å². The van der Waals surface area contributed by atoms with E-state index in [4.69, 9.17) is 4.74 Å². The summed E-state index contributed by atoms with van der Waals surface area (Å²) in [7, 11) is 1.81. The minimum Gasteiger partial charge on any atom is -0.478 e. The van der Waals surface area contributed by atoms with Crippen molar-refractivity contribution in [3.8, 4) is 5.88 Å². The second-order valence-electron chi connectivity index (χ2n) is 6.24. The van der Waals surface area contributed by atoms with E-state index in [0.717, 1.165) is 18.1 Å². The Bertz CT molecular complexity index is 509. The molecule has 23 heavy (non-hydrogen) atoms. The minimum atomic E-state index is 0.447. The molecule has 1 fully saturated rings. The maximum absolute atomic E-state index is 5.57. The largest absolute Gasteiger partial charge is 0.478 e. The Morgan fingerprint density at radius 2 is 2.09 bits per heavy atom. The topological polar surface area (TPSA) is 58.5 Å². The molecule has 0 amide bonds. The molecule has 128 valence electrons. The van der Waals surface area contributed by atoms with Crippen LogP contribution in [0.2, 0.25) is 0 Å². The Morgan fingerprint density at radius 3 is 2.74 bits per heavy atom. The van der Waals surface area contributed by atoms with Crippen LogP contribution >= 0.6 is 0 Å². The number of ether oxygens (including phenoxy) is 1. The van der Waals surface area contributed by atoms with Gasteiger partial charge in [0, 0.05) is 31.9 Å². The van der Waals surface area contributed by atoms with Gasteiger partial charge in [-0.2, -0.15) is 0 Å². The Kier molecular flexibility index (Phi) is 6.68. The zero-order valence-corrected chi connectivity index (χ0v) is 14.7. The van der Waals surface area contributed by atoms with Crippen LogP contribution in [-0.2, 0) is 6.54 Å². The molecule has 0 aliphatic heterocycles. The van der Waals surface area contributed by atoms with Gasteiger partial charge in [-0.15, -0.1) is 0 Å². The SMILES string of the molecule is CCOc1ncccc1CNC(=NC)NCC1(CC)CCCC1. The van der Waals surface area contributed by atoms with E-state index in [1.807, 2.05) is 26.1 Å². The highest BCUT2D eigenvalue weighted by Crippen LogP contribution is 2.40. The Hall–Kier alpha value is -1.78. The fraction of sp³-hybridized carbons (Fsp3) is 0.667. The summed E-state index contributed by atoms with van der Waals surface area (Å²) < 4.78 is 5.57. The van der Waals surface area contributed by atoms with Crippen molar-refractivity contribution in [2.75, 3.05) is 20.2 Å². The van der Waals surface area contributed by atoms with Crippen LogP contribution in [0.3, 0.4) is 0 Å². The predicted octanol–water partition coefficient (Wildman–Crippen LogP) is 3.12. The van der Waals surface area contributed by atoms with Gasteiger partial charge in [0.05, 0.1) is 6.61 Å². The van der Waals surface area contributed by atoms with Gasteiger partial charge in [-0.05, 0) is 37.7 Å². The first-order valence-electron chi connectivity index (χ1n) is 8.74. The van der Waals surface area contributed by atoms with Crippen molar-refractivity contribution in [1.29, 1.82) is 0 Å². The van der Waals surface area contributed by atoms with Gasteiger partial charge in [-0.25, -0.2) is 4.98 Å². The quantitative estimate of drug-likeness (QED) is 0.599. The third-order valence-corrected chi connectivity index (χ3v) is 4.85. The van der Waals surface area contributed by atoms with Crippen molar-refractivity contribution in [2.24, 2.45) is 10.4 Å². The number of hydrogen-bond acceptors (Lipinski definition) is 3. The molecule has 5 nitrogen and oxygen atoms in total. The van der Waals surface area contributed by atoms with Gasteiger partial charge < -0.3 is 15.4 Å². The van der Waals surface area contributed by atoms with E-state index in [1.165, 1.54) is 32.1 Å². The van der Waals surface area contributed by atoms with E-state index in [9.17, 15) is 0 Å². The van der Waals surface area contributed by atoms with E-state index < -0.39 is 0 Å². The number of nitrogens with zero attached hydrogens (tertiary/aromatic N) is 2. The summed E-state index contributed by atoms with van der Waals surface area (Å²) >= 11 is 0. The van der Waals surface area contributed by atoms with E-state index in [2.05, 4.69) is 27.5 Å². The first-order valence-corrected chi connectivity index (χ1v) is 8.74. The van der Waals surface area contributed by atoms with Gasteiger partial charge in [0.2, 0.25) is 5.88 Å². The third kappa shape index (κ3) is 4.85. The van der Waals surface area contributed by atoms with E-state index in [0.29, 0.717) is 24.4 Å². The highest BCUT2D eigenvalue weighted by Gasteiger charge is 2.31. The number of nitrogens with one attached hydrogen (secondary N) is 2. The minimum absolute atomic E-state index is 0.447. The molecule has 1 aliphatic carbocycles. The second kappa shape index (κ2) is 8.75. The molecule has 2 rings (SSSR count). The van der Waals surface area contributed by atoms with Crippen molar-refractivity contribution >= 4 is 5.96 Å². The number of guanidine groups is 1. The zero-order valence-electron chi connectivity index (χ0n) is 14.7. The molecule has 1 aromatic rings. The van der Waals surface area contributed by atoms with Gasteiger partial charge >= 0.3 is 0 Å². The standard InChI is InChI=1S/C18H30N4O/c1-4-18(10-6-7-11-18)14-22-17(19-3)21-13-15-9-8-12-20-16(15)23-5-2/h8-9,12H,4-7,10-11,13-14H2,1-3H3,(H2,19,21,22). The summed E-state index contributed by atoms with van der Waals surface area (Å²) in [5, 5.41) is 6.87. The fourth-order valence-corrected chi connectivity index (χ4v) is 3.28. The van der Waals surface area contributed by atoms with Gasteiger partial charge in [0.1, 0.15) is 0 Å². The monoisotopic (exact) mass is 318 g/mol. The molecule has 1 aliphatic rings. The molecular formula is C18H30N4O. The van der Waals surface area contributed by atoms with Crippen LogP contribution in [0, 0.1) is 5.41 Å². The van der Waals surface area contributed by atoms with E-state index >= 15 is 0 Å². The molecule has 0 aromatic carbocycles. The molecule has 1 aromatic heterocycles. The van der Waals surface area contributed by atoms with Crippen LogP contribution in [0.1, 0.15) is 51.5 Å². The zero-order chi connectivity index (χ0) is 16.5. The molecular weight excluding hydrogens is 288 g/mol. The summed E-state index contributed by atoms with van der Waals surface area (Å²) in [5.41, 5.74) is 1.49. The molecule has 0 atom stereocenters. The van der Waals surface area contributed by atoms with Crippen LogP contribution in [0.5, 0.6) is 5.88 Å². The first kappa shape index (κ1) is 17.6. The van der Waals surface area contributed by atoms with Crippen LogP contribution in [0.4, 0.5) is 0 Å². The van der Waals surface area contributed by atoms with Crippen LogP contribution in [0.15, 0.2) is 23.3 Å². The second-order valence-corrected chi connectivity index (χ2v) is 6.24. The third-order valence-electron chi connectivity index (χ3n) is 4.85. The molecule has 0 saturated heterocycles. The molecule has 2 N–H and O–H groups in total. The summed E-state index contributed by atoms with van der Waals surface area (Å²) in [6, 6.07) is 3.96. The van der Waals surface area contributed by atoms with Crippen LogP contribution in [0.25, 0.3) is 0 Å². The Labute approximate surface area is 139 Å². The number of pyridine rings is 1. The van der Waals surface area contributed by atoms with Gasteiger partial charge in [-0.3, -0.25) is 4.99 Å². The van der Waals surface area contributed by atoms with Crippen LogP contribution in [-0.4, -0.2) is 31.1 Å². The summed E-state index contributed by atoms with van der Waals surface area (Å²) in [6.45, 7) is 6.54. The lowest BCUT2D eigenvalue weighted by molar-refractivity contribution is 0.283. The van der Waals surface area contributed by atoms with Crippen molar-refractivity contribution in [3.63, 3.8) is 0 Å². The maximum Gasteiger partial charge on any atom is 0.218 e. The van der Waals surface area contributed by atoms with Crippen molar-refractivity contribution in [3.05, 3.63) is 23.9 Å². The van der Waals surface area contributed by atoms with Crippen LogP contribution < -0.4 is 15.4 Å². The molecule has 1 saturated carbocycles. The fourth-order valence-electron chi connectivity index (χ4n) is 3.28. The maximum atomic E-state index is 5.57. The average molecular weight is 318 g/mol. The summed E-state index contributed by atoms with van der Waals surface area (Å²) in [5.74, 6) is 1.54. The highest BCUT2D eigenvalue weighted by atomic mass is 16.5. The summed E-state index contributed by atoms with van der Waals surface area (Å²) in [4.78, 5) is 8.62. The van der Waals surface area contributed by atoms with Gasteiger partial charge in [-0.1, -0.05) is 25.8 Å². The number of hydrogen-bond donors (Lipinski definition) is 2. The first-order chi connectivity index (χ1) is 11.2. The normalized spacial score (nSPS) is 17.1. The molecule has 0 radical (unpaired) electrons. The number of rotatable bonds is 7. The highest BCUT2D eigenvalue weighted by molar-refractivity contribution is 5.79. The number of aliphatic imine (C=N–C) groups is 1. The lowest BCUT2D eigenvalue weighted by atomic mass is 9.83. The van der Waals surface area contributed by atoms with Crippen molar-refractivity contribution < 1.29 is 4.74 Å².